The van der Waals surface area contributed by atoms with Crippen LogP contribution in [0, 0.1) is 0 Å². The van der Waals surface area contributed by atoms with Crippen LogP contribution in [0.15, 0.2) is 18.6 Å². The van der Waals surface area contributed by atoms with Gasteiger partial charge in [0.15, 0.2) is 0 Å². The van der Waals surface area contributed by atoms with Crippen molar-refractivity contribution in [3.8, 4) is 0 Å². The lowest BCUT2D eigenvalue weighted by Crippen LogP contribution is -2.22. The van der Waals surface area contributed by atoms with Crippen molar-refractivity contribution in [1.29, 1.82) is 0 Å². The molecule has 17 heavy (non-hydrogen) atoms. The molecule has 2 rings (SSSR count). The minimum Gasteiger partial charge on any atom is -0.338 e. The van der Waals surface area contributed by atoms with Gasteiger partial charge in [-0.25, -0.2) is 4.98 Å². The Labute approximate surface area is 105 Å². The van der Waals surface area contributed by atoms with Crippen molar-refractivity contribution >= 4 is 11.7 Å². The van der Waals surface area contributed by atoms with E-state index in [1.807, 2.05) is 25.6 Å². The maximum atomic E-state index is 4.33. The molecule has 0 aliphatic carbocycles. The van der Waals surface area contributed by atoms with Crippen molar-refractivity contribution < 1.29 is 0 Å². The van der Waals surface area contributed by atoms with Crippen molar-refractivity contribution in [3.63, 3.8) is 0 Å². The second-order valence-electron chi connectivity index (χ2n) is 3.94. The van der Waals surface area contributed by atoms with Gasteiger partial charge >= 0.3 is 0 Å². The Morgan fingerprint density at radius 1 is 1.53 bits per heavy atom. The van der Waals surface area contributed by atoms with Crippen LogP contribution in [0.1, 0.15) is 30.9 Å². The molecule has 0 saturated carbocycles. The average Bonchev–Trinajstić information content (AvgIpc) is 2.96. The van der Waals surface area contributed by atoms with E-state index < -0.39 is 0 Å². The fraction of sp³-hybridized carbons (Fsp3) is 0.545. The van der Waals surface area contributed by atoms with Gasteiger partial charge in [0.2, 0.25) is 0 Å². The van der Waals surface area contributed by atoms with Crippen LogP contribution >= 0.6 is 11.7 Å². The van der Waals surface area contributed by atoms with Crippen LogP contribution in [0.5, 0.6) is 0 Å². The summed E-state index contributed by atoms with van der Waals surface area (Å²) in [5, 5.41) is 3.43. The topological polar surface area (TPSA) is 55.6 Å². The van der Waals surface area contributed by atoms with Gasteiger partial charge in [-0.1, -0.05) is 6.92 Å². The summed E-state index contributed by atoms with van der Waals surface area (Å²) in [7, 11) is 2.02. The second-order valence-corrected chi connectivity index (χ2v) is 4.49. The molecule has 0 amide bonds. The fourth-order valence-corrected chi connectivity index (χ4v) is 2.31. The molecule has 0 radical (unpaired) electrons. The zero-order valence-electron chi connectivity index (χ0n) is 10.1. The van der Waals surface area contributed by atoms with Gasteiger partial charge in [-0.05, 0) is 13.0 Å². The third-order valence-electron chi connectivity index (χ3n) is 2.76. The highest BCUT2D eigenvalue weighted by Crippen LogP contribution is 2.16. The van der Waals surface area contributed by atoms with Crippen molar-refractivity contribution in [2.75, 3.05) is 6.54 Å². The van der Waals surface area contributed by atoms with E-state index in [-0.39, 0.29) is 6.04 Å². The highest BCUT2D eigenvalue weighted by molar-refractivity contribution is 6.99. The summed E-state index contributed by atoms with van der Waals surface area (Å²) >= 11 is 1.26. The average molecular weight is 251 g/mol. The van der Waals surface area contributed by atoms with E-state index >= 15 is 0 Å². The molecule has 2 aromatic rings. The van der Waals surface area contributed by atoms with E-state index in [2.05, 4.69) is 30.5 Å². The van der Waals surface area contributed by atoms with E-state index in [9.17, 15) is 0 Å². The molecular formula is C11H17N5S. The Morgan fingerprint density at radius 3 is 3.00 bits per heavy atom. The first-order valence-corrected chi connectivity index (χ1v) is 6.51. The van der Waals surface area contributed by atoms with Crippen LogP contribution in [-0.4, -0.2) is 24.8 Å². The molecule has 0 saturated heterocycles. The van der Waals surface area contributed by atoms with Gasteiger partial charge in [-0.2, -0.15) is 8.75 Å². The SMILES string of the molecule is CCNC(CCc1nccn1C)c1cnsn1. The largest absolute Gasteiger partial charge is 0.338 e. The molecule has 0 aliphatic heterocycles. The fourth-order valence-electron chi connectivity index (χ4n) is 1.84. The summed E-state index contributed by atoms with van der Waals surface area (Å²) in [5.41, 5.74) is 1.03. The Balaban J connectivity index is 1.97. The minimum absolute atomic E-state index is 0.274. The molecule has 1 N–H and O–H groups in total. The Kier molecular flexibility index (Phi) is 4.22. The Hall–Kier alpha value is -1.27. The maximum Gasteiger partial charge on any atom is 0.108 e. The van der Waals surface area contributed by atoms with E-state index in [1.54, 1.807) is 0 Å². The molecule has 1 unspecified atom stereocenters. The van der Waals surface area contributed by atoms with Gasteiger partial charge in [0.25, 0.3) is 0 Å². The molecule has 2 aromatic heterocycles. The molecular weight excluding hydrogens is 234 g/mol. The number of aromatic nitrogens is 4. The van der Waals surface area contributed by atoms with Crippen molar-refractivity contribution in [3.05, 3.63) is 30.1 Å². The van der Waals surface area contributed by atoms with E-state index in [1.165, 1.54) is 11.7 Å². The van der Waals surface area contributed by atoms with Crippen LogP contribution in [0.4, 0.5) is 0 Å². The normalized spacial score (nSPS) is 12.8. The molecule has 6 heteroatoms. The van der Waals surface area contributed by atoms with Gasteiger partial charge in [0.1, 0.15) is 5.82 Å². The Bertz CT molecular complexity index is 436. The van der Waals surface area contributed by atoms with Gasteiger partial charge < -0.3 is 9.88 Å². The highest BCUT2D eigenvalue weighted by atomic mass is 32.1. The van der Waals surface area contributed by atoms with Crippen LogP contribution in [-0.2, 0) is 13.5 Å². The van der Waals surface area contributed by atoms with Gasteiger partial charge in [0, 0.05) is 25.9 Å². The van der Waals surface area contributed by atoms with Crippen molar-refractivity contribution in [2.24, 2.45) is 7.05 Å². The zero-order valence-corrected chi connectivity index (χ0v) is 10.9. The third kappa shape index (κ3) is 3.10. The van der Waals surface area contributed by atoms with Crippen LogP contribution < -0.4 is 5.32 Å². The third-order valence-corrected chi connectivity index (χ3v) is 3.26. The standard InChI is InChI=1S/C11H17N5S/c1-3-12-9(10-8-14-17-15-10)4-5-11-13-6-7-16(11)2/h6-9,12H,3-5H2,1-2H3. The quantitative estimate of drug-likeness (QED) is 0.846. The Morgan fingerprint density at radius 2 is 2.41 bits per heavy atom. The summed E-state index contributed by atoms with van der Waals surface area (Å²) in [6, 6.07) is 0.274. The molecule has 92 valence electrons. The van der Waals surface area contributed by atoms with Gasteiger partial charge in [-0.15, -0.1) is 0 Å². The predicted molar refractivity (Wildman–Crippen MR) is 67.9 cm³/mol. The zero-order chi connectivity index (χ0) is 12.1. The number of hydrogen-bond donors (Lipinski definition) is 1. The first kappa shape index (κ1) is 12.2. The minimum atomic E-state index is 0.274. The number of nitrogens with one attached hydrogen (secondary N) is 1. The first-order chi connectivity index (χ1) is 8.31. The molecule has 0 fully saturated rings. The summed E-state index contributed by atoms with van der Waals surface area (Å²) in [6.45, 7) is 3.04. The molecule has 0 bridgehead atoms. The van der Waals surface area contributed by atoms with Crippen molar-refractivity contribution in [2.45, 2.75) is 25.8 Å². The molecule has 0 aliphatic rings. The number of imidazole rings is 1. The predicted octanol–water partition coefficient (Wildman–Crippen LogP) is 1.55. The number of rotatable bonds is 6. The first-order valence-electron chi connectivity index (χ1n) is 5.78. The molecule has 0 aromatic carbocycles. The summed E-state index contributed by atoms with van der Waals surface area (Å²) in [4.78, 5) is 4.33. The molecule has 5 nitrogen and oxygen atoms in total. The second kappa shape index (κ2) is 5.88. The van der Waals surface area contributed by atoms with Crippen LogP contribution in [0.25, 0.3) is 0 Å². The lowest BCUT2D eigenvalue weighted by molar-refractivity contribution is 0.498. The van der Waals surface area contributed by atoms with E-state index in [0.717, 1.165) is 30.9 Å². The molecule has 0 spiro atoms. The maximum absolute atomic E-state index is 4.33. The van der Waals surface area contributed by atoms with Gasteiger partial charge in [-0.3, -0.25) is 0 Å². The lowest BCUT2D eigenvalue weighted by Gasteiger charge is -2.14. The number of nitrogens with zero attached hydrogens (tertiary/aromatic N) is 4. The number of hydrogen-bond acceptors (Lipinski definition) is 5. The van der Waals surface area contributed by atoms with Gasteiger partial charge in [0.05, 0.1) is 29.7 Å². The van der Waals surface area contributed by atoms with Crippen LogP contribution in [0.2, 0.25) is 0 Å². The monoisotopic (exact) mass is 251 g/mol. The highest BCUT2D eigenvalue weighted by Gasteiger charge is 2.14. The smallest absolute Gasteiger partial charge is 0.108 e. The summed E-state index contributed by atoms with van der Waals surface area (Å²) in [6.07, 6.45) is 7.59. The summed E-state index contributed by atoms with van der Waals surface area (Å²) in [5.74, 6) is 1.11. The van der Waals surface area contributed by atoms with E-state index in [4.69, 9.17) is 0 Å². The van der Waals surface area contributed by atoms with E-state index in [0.29, 0.717) is 0 Å². The van der Waals surface area contributed by atoms with Crippen molar-refractivity contribution in [1.82, 2.24) is 23.6 Å². The van der Waals surface area contributed by atoms with Crippen LogP contribution in [0.3, 0.4) is 0 Å². The number of aryl methyl sites for hydroxylation is 2. The lowest BCUT2D eigenvalue weighted by atomic mass is 10.1. The molecule has 1 atom stereocenters. The molecule has 2 heterocycles. The summed E-state index contributed by atoms with van der Waals surface area (Å²) < 4.78 is 10.4.